The second-order valence-electron chi connectivity index (χ2n) is 4.89. The highest BCUT2D eigenvalue weighted by Crippen LogP contribution is 2.29. The van der Waals surface area contributed by atoms with Gasteiger partial charge < -0.3 is 10.6 Å². The SMILES string of the molecule is CCc1ncnc(N(CCCN)c2ccccc2C)c1F. The van der Waals surface area contributed by atoms with Crippen molar-refractivity contribution in [3.8, 4) is 0 Å². The van der Waals surface area contributed by atoms with Crippen LogP contribution in [0.25, 0.3) is 0 Å². The molecule has 0 saturated carbocycles. The van der Waals surface area contributed by atoms with Crippen molar-refractivity contribution >= 4 is 11.5 Å². The smallest absolute Gasteiger partial charge is 0.187 e. The quantitative estimate of drug-likeness (QED) is 0.888. The van der Waals surface area contributed by atoms with Gasteiger partial charge in [0.1, 0.15) is 6.33 Å². The van der Waals surface area contributed by atoms with Gasteiger partial charge in [0.25, 0.3) is 0 Å². The number of hydrogen-bond acceptors (Lipinski definition) is 4. The van der Waals surface area contributed by atoms with Crippen molar-refractivity contribution in [2.75, 3.05) is 18.0 Å². The van der Waals surface area contributed by atoms with E-state index < -0.39 is 0 Å². The summed E-state index contributed by atoms with van der Waals surface area (Å²) in [6, 6.07) is 7.88. The van der Waals surface area contributed by atoms with E-state index in [9.17, 15) is 4.39 Å². The third-order valence-corrected chi connectivity index (χ3v) is 3.43. The summed E-state index contributed by atoms with van der Waals surface area (Å²) in [5.74, 6) is -0.0233. The van der Waals surface area contributed by atoms with Crippen LogP contribution in [0.3, 0.4) is 0 Å². The first-order valence-corrected chi connectivity index (χ1v) is 7.21. The Bertz CT molecular complexity index is 601. The molecule has 0 unspecified atom stereocenters. The Morgan fingerprint density at radius 1 is 1.24 bits per heavy atom. The molecule has 0 atom stereocenters. The van der Waals surface area contributed by atoms with Crippen molar-refractivity contribution in [1.82, 2.24) is 9.97 Å². The van der Waals surface area contributed by atoms with Crippen LogP contribution >= 0.6 is 0 Å². The van der Waals surface area contributed by atoms with Gasteiger partial charge in [-0.2, -0.15) is 0 Å². The van der Waals surface area contributed by atoms with Gasteiger partial charge in [0.2, 0.25) is 0 Å². The van der Waals surface area contributed by atoms with Gasteiger partial charge >= 0.3 is 0 Å². The molecule has 2 aromatic rings. The zero-order valence-corrected chi connectivity index (χ0v) is 12.5. The first-order chi connectivity index (χ1) is 10.2. The van der Waals surface area contributed by atoms with E-state index in [0.717, 1.165) is 17.7 Å². The van der Waals surface area contributed by atoms with E-state index in [2.05, 4.69) is 9.97 Å². The van der Waals surface area contributed by atoms with Crippen LogP contribution in [-0.2, 0) is 6.42 Å². The highest BCUT2D eigenvalue weighted by molar-refractivity contribution is 5.64. The van der Waals surface area contributed by atoms with Crippen LogP contribution in [0.1, 0.15) is 24.6 Å². The maximum Gasteiger partial charge on any atom is 0.187 e. The largest absolute Gasteiger partial charge is 0.330 e. The van der Waals surface area contributed by atoms with E-state index in [0.29, 0.717) is 31.0 Å². The molecule has 0 aliphatic heterocycles. The lowest BCUT2D eigenvalue weighted by Gasteiger charge is -2.26. The number of nitrogens with zero attached hydrogens (tertiary/aromatic N) is 3. The minimum Gasteiger partial charge on any atom is -0.330 e. The Morgan fingerprint density at radius 3 is 2.67 bits per heavy atom. The van der Waals surface area contributed by atoms with Gasteiger partial charge in [0.15, 0.2) is 11.6 Å². The molecule has 0 amide bonds. The monoisotopic (exact) mass is 288 g/mol. The number of hydrogen-bond donors (Lipinski definition) is 1. The average molecular weight is 288 g/mol. The fourth-order valence-corrected chi connectivity index (χ4v) is 2.29. The maximum atomic E-state index is 14.6. The molecule has 0 saturated heterocycles. The van der Waals surface area contributed by atoms with Crippen LogP contribution in [0.15, 0.2) is 30.6 Å². The summed E-state index contributed by atoms with van der Waals surface area (Å²) >= 11 is 0. The van der Waals surface area contributed by atoms with Crippen LogP contribution in [0.5, 0.6) is 0 Å². The molecule has 1 heterocycles. The molecule has 0 aliphatic rings. The van der Waals surface area contributed by atoms with Gasteiger partial charge in [-0.25, -0.2) is 14.4 Å². The Hall–Kier alpha value is -2.01. The van der Waals surface area contributed by atoms with E-state index in [1.807, 2.05) is 43.0 Å². The third kappa shape index (κ3) is 3.36. The summed E-state index contributed by atoms with van der Waals surface area (Å²) < 4.78 is 14.6. The number of aryl methyl sites for hydroxylation is 2. The van der Waals surface area contributed by atoms with Gasteiger partial charge in [-0.3, -0.25) is 0 Å². The van der Waals surface area contributed by atoms with Crippen LogP contribution in [-0.4, -0.2) is 23.1 Å². The number of aromatic nitrogens is 2. The predicted molar refractivity (Wildman–Crippen MR) is 83.2 cm³/mol. The van der Waals surface area contributed by atoms with Crippen LogP contribution in [0.2, 0.25) is 0 Å². The van der Waals surface area contributed by atoms with Crippen molar-refractivity contribution < 1.29 is 4.39 Å². The van der Waals surface area contributed by atoms with Crippen LogP contribution in [0, 0.1) is 12.7 Å². The number of benzene rings is 1. The molecule has 1 aromatic heterocycles. The molecule has 112 valence electrons. The number of halogens is 1. The van der Waals surface area contributed by atoms with E-state index in [4.69, 9.17) is 5.73 Å². The number of para-hydroxylation sites is 1. The summed E-state index contributed by atoms with van der Waals surface area (Å²) in [7, 11) is 0. The van der Waals surface area contributed by atoms with Gasteiger partial charge in [0, 0.05) is 12.2 Å². The van der Waals surface area contributed by atoms with E-state index in [1.54, 1.807) is 0 Å². The van der Waals surface area contributed by atoms with Gasteiger partial charge in [0.05, 0.1) is 5.69 Å². The summed E-state index contributed by atoms with van der Waals surface area (Å²) in [5.41, 5.74) is 8.07. The molecule has 0 fully saturated rings. The van der Waals surface area contributed by atoms with Crippen molar-refractivity contribution in [1.29, 1.82) is 0 Å². The summed E-state index contributed by atoms with van der Waals surface area (Å²) in [5, 5.41) is 0. The second kappa shape index (κ2) is 7.13. The number of nitrogens with two attached hydrogens (primary N) is 1. The van der Waals surface area contributed by atoms with E-state index in [-0.39, 0.29) is 5.82 Å². The lowest BCUT2D eigenvalue weighted by molar-refractivity contribution is 0.589. The highest BCUT2D eigenvalue weighted by atomic mass is 19.1. The molecule has 0 aliphatic carbocycles. The normalized spacial score (nSPS) is 10.7. The molecule has 0 spiro atoms. The molecule has 0 radical (unpaired) electrons. The molecule has 2 N–H and O–H groups in total. The van der Waals surface area contributed by atoms with Crippen LogP contribution in [0.4, 0.5) is 15.9 Å². The van der Waals surface area contributed by atoms with Gasteiger partial charge in [-0.05, 0) is 37.9 Å². The summed E-state index contributed by atoms with van der Waals surface area (Å²) in [6.45, 7) is 5.06. The molecular formula is C16H21FN4. The van der Waals surface area contributed by atoms with Crippen LogP contribution < -0.4 is 10.6 Å². The fraction of sp³-hybridized carbons (Fsp3) is 0.375. The Balaban J connectivity index is 2.48. The molecule has 2 rings (SSSR count). The fourth-order valence-electron chi connectivity index (χ4n) is 2.29. The molecule has 5 heteroatoms. The van der Waals surface area contributed by atoms with E-state index in [1.165, 1.54) is 6.33 Å². The standard InChI is InChI=1S/C16H21FN4/c1-3-13-15(17)16(20-11-19-13)21(10-6-9-18)14-8-5-4-7-12(14)2/h4-5,7-8,11H,3,6,9-10,18H2,1-2H3. The Kier molecular flexibility index (Phi) is 5.22. The molecular weight excluding hydrogens is 267 g/mol. The lowest BCUT2D eigenvalue weighted by Crippen LogP contribution is -2.24. The van der Waals surface area contributed by atoms with Crippen molar-refractivity contribution in [2.24, 2.45) is 5.73 Å². The minimum absolute atomic E-state index is 0.324. The van der Waals surface area contributed by atoms with Crippen molar-refractivity contribution in [2.45, 2.75) is 26.7 Å². The first kappa shape index (κ1) is 15.4. The predicted octanol–water partition coefficient (Wildman–Crippen LogP) is 2.97. The zero-order chi connectivity index (χ0) is 15.2. The summed E-state index contributed by atoms with van der Waals surface area (Å²) in [6.07, 6.45) is 2.73. The molecule has 0 bridgehead atoms. The molecule has 4 nitrogen and oxygen atoms in total. The van der Waals surface area contributed by atoms with Crippen molar-refractivity contribution in [3.05, 3.63) is 47.7 Å². The lowest BCUT2D eigenvalue weighted by atomic mass is 10.1. The topological polar surface area (TPSA) is 55.0 Å². The number of anilines is 2. The third-order valence-electron chi connectivity index (χ3n) is 3.43. The van der Waals surface area contributed by atoms with E-state index >= 15 is 0 Å². The average Bonchev–Trinajstić information content (AvgIpc) is 2.50. The Morgan fingerprint density at radius 2 is 2.00 bits per heavy atom. The highest BCUT2D eigenvalue weighted by Gasteiger charge is 2.19. The zero-order valence-electron chi connectivity index (χ0n) is 12.5. The Labute approximate surface area is 124 Å². The number of rotatable bonds is 6. The molecule has 21 heavy (non-hydrogen) atoms. The first-order valence-electron chi connectivity index (χ1n) is 7.21. The molecule has 1 aromatic carbocycles. The minimum atomic E-state index is -0.347. The maximum absolute atomic E-state index is 14.6. The summed E-state index contributed by atoms with van der Waals surface area (Å²) in [4.78, 5) is 10.0. The van der Waals surface area contributed by atoms with Gasteiger partial charge in [-0.1, -0.05) is 25.1 Å². The van der Waals surface area contributed by atoms with Crippen molar-refractivity contribution in [3.63, 3.8) is 0 Å². The van der Waals surface area contributed by atoms with Gasteiger partial charge in [-0.15, -0.1) is 0 Å². The second-order valence-corrected chi connectivity index (χ2v) is 4.89.